The predicted octanol–water partition coefficient (Wildman–Crippen LogP) is 4.76. The van der Waals surface area contributed by atoms with Crippen molar-refractivity contribution in [3.05, 3.63) is 60.0 Å². The monoisotopic (exact) mass is 369 g/mol. The molecule has 1 aliphatic carbocycles. The van der Waals surface area contributed by atoms with E-state index >= 15 is 0 Å². The first-order valence-electron chi connectivity index (χ1n) is 9.54. The molecule has 0 bridgehead atoms. The Hall–Kier alpha value is -2.45. The van der Waals surface area contributed by atoms with Crippen LogP contribution in [0.1, 0.15) is 56.1 Å². The maximum Gasteiger partial charge on any atom is 0.223 e. The van der Waals surface area contributed by atoms with Crippen LogP contribution in [0.25, 0.3) is 6.08 Å². The first-order valence-corrected chi connectivity index (χ1v) is 9.54. The van der Waals surface area contributed by atoms with Crippen LogP contribution < -0.4 is 5.32 Å². The molecule has 1 saturated carbocycles. The maximum absolute atomic E-state index is 13.7. The number of carbonyl (C=O) groups excluding carboxylic acids is 2. The van der Waals surface area contributed by atoms with Gasteiger partial charge in [-0.1, -0.05) is 30.9 Å². The number of hydrogen-bond donors (Lipinski definition) is 1. The van der Waals surface area contributed by atoms with Crippen LogP contribution in [-0.2, 0) is 15.0 Å². The molecule has 2 rings (SSSR count). The summed E-state index contributed by atoms with van der Waals surface area (Å²) >= 11 is 0. The van der Waals surface area contributed by atoms with Crippen molar-refractivity contribution >= 4 is 17.9 Å². The van der Waals surface area contributed by atoms with Gasteiger partial charge in [0.1, 0.15) is 11.8 Å². The summed E-state index contributed by atoms with van der Waals surface area (Å²) in [5.74, 6) is 1.40. The summed E-state index contributed by atoms with van der Waals surface area (Å²) in [6, 6.07) is 5.34. The molecular weight excluding hydrogens is 341 g/mol. The minimum atomic E-state index is -0.228. The minimum Gasteiger partial charge on any atom is -0.359 e. The molecule has 1 atom stereocenters. The molecule has 0 aromatic heterocycles. The molecule has 27 heavy (non-hydrogen) atoms. The Balaban J connectivity index is 1.88. The molecule has 1 aliphatic rings. The van der Waals surface area contributed by atoms with Crippen molar-refractivity contribution in [3.63, 3.8) is 0 Å². The third-order valence-corrected chi connectivity index (χ3v) is 5.42. The Morgan fingerprint density at radius 2 is 2.15 bits per heavy atom. The van der Waals surface area contributed by atoms with Gasteiger partial charge in [0.2, 0.25) is 5.91 Å². The average Bonchev–Trinajstić information content (AvgIpc) is 3.47. The molecule has 4 heteroatoms. The van der Waals surface area contributed by atoms with Gasteiger partial charge in [0.15, 0.2) is 0 Å². The number of halogens is 1. The SMILES string of the molecule is C=Cc1cc(C2(CC/C=C/CC(CCC=C=O)C(=O)NC)CC2)ccc1F. The Kier molecular flexibility index (Phi) is 7.75. The van der Waals surface area contributed by atoms with E-state index in [2.05, 4.69) is 24.0 Å². The zero-order chi connectivity index (χ0) is 19.7. The summed E-state index contributed by atoms with van der Waals surface area (Å²) < 4.78 is 13.7. The van der Waals surface area contributed by atoms with Crippen molar-refractivity contribution in [1.29, 1.82) is 0 Å². The van der Waals surface area contributed by atoms with Gasteiger partial charge in [-0.2, -0.15) is 0 Å². The molecule has 1 unspecified atom stereocenters. The van der Waals surface area contributed by atoms with E-state index in [-0.39, 0.29) is 23.1 Å². The van der Waals surface area contributed by atoms with Crippen LogP contribution in [-0.4, -0.2) is 18.9 Å². The molecule has 144 valence electrons. The molecule has 0 spiro atoms. The fourth-order valence-corrected chi connectivity index (χ4v) is 3.51. The highest BCUT2D eigenvalue weighted by Gasteiger charge is 2.43. The zero-order valence-corrected chi connectivity index (χ0v) is 16.0. The van der Waals surface area contributed by atoms with Crippen LogP contribution >= 0.6 is 0 Å². The van der Waals surface area contributed by atoms with Gasteiger partial charge in [-0.05, 0) is 74.1 Å². The molecule has 0 aliphatic heterocycles. The fraction of sp³-hybridized carbons (Fsp3) is 0.435. The topological polar surface area (TPSA) is 46.2 Å². The number of hydrogen-bond acceptors (Lipinski definition) is 2. The highest BCUT2D eigenvalue weighted by Crippen LogP contribution is 2.52. The van der Waals surface area contributed by atoms with Crippen molar-refractivity contribution in [1.82, 2.24) is 5.32 Å². The van der Waals surface area contributed by atoms with Gasteiger partial charge in [-0.25, -0.2) is 9.18 Å². The van der Waals surface area contributed by atoms with Gasteiger partial charge in [0.05, 0.1) is 0 Å². The van der Waals surface area contributed by atoms with Gasteiger partial charge in [-0.15, -0.1) is 0 Å². The van der Waals surface area contributed by atoms with E-state index in [1.165, 1.54) is 17.7 Å². The number of allylic oxidation sites excluding steroid dienone is 3. The standard InChI is InChI=1S/C23H28FNO2/c1-3-18-17-20(11-12-21(18)24)23(14-15-23)13-7-4-5-9-19(22(27)25-2)10-6-8-16-26/h3-5,8,11-12,17,19H,1,6-7,9-10,13-15H2,2H3,(H,25,27)/b5-4+. The van der Waals surface area contributed by atoms with Crippen molar-refractivity contribution in [2.75, 3.05) is 7.05 Å². The second-order valence-electron chi connectivity index (χ2n) is 7.18. The largest absolute Gasteiger partial charge is 0.359 e. The van der Waals surface area contributed by atoms with Gasteiger partial charge < -0.3 is 5.32 Å². The molecule has 1 aromatic rings. The molecule has 3 nitrogen and oxygen atoms in total. The lowest BCUT2D eigenvalue weighted by molar-refractivity contribution is -0.124. The summed E-state index contributed by atoms with van der Waals surface area (Å²) in [4.78, 5) is 22.2. The van der Waals surface area contributed by atoms with Crippen LogP contribution in [0.15, 0.2) is 43.0 Å². The van der Waals surface area contributed by atoms with Gasteiger partial charge in [0, 0.05) is 18.5 Å². The lowest BCUT2D eigenvalue weighted by atomic mass is 9.89. The van der Waals surface area contributed by atoms with E-state index in [0.717, 1.165) is 25.7 Å². The fourth-order valence-electron chi connectivity index (χ4n) is 3.51. The maximum atomic E-state index is 13.7. The summed E-state index contributed by atoms with van der Waals surface area (Å²) in [6.07, 6.45) is 13.2. The summed E-state index contributed by atoms with van der Waals surface area (Å²) in [5, 5.41) is 2.68. The van der Waals surface area contributed by atoms with E-state index in [4.69, 9.17) is 0 Å². The van der Waals surface area contributed by atoms with Gasteiger partial charge in [0.25, 0.3) is 0 Å². The van der Waals surface area contributed by atoms with E-state index in [1.807, 2.05) is 12.1 Å². The Morgan fingerprint density at radius 3 is 2.78 bits per heavy atom. The number of rotatable bonds is 11. The smallest absolute Gasteiger partial charge is 0.223 e. The molecule has 0 radical (unpaired) electrons. The third-order valence-electron chi connectivity index (χ3n) is 5.42. The first-order chi connectivity index (χ1) is 13.1. The molecule has 1 aromatic carbocycles. The van der Waals surface area contributed by atoms with Crippen molar-refractivity contribution in [2.24, 2.45) is 5.92 Å². The quantitative estimate of drug-likeness (QED) is 0.452. The van der Waals surface area contributed by atoms with Crippen LogP contribution in [0.3, 0.4) is 0 Å². The first kappa shape index (κ1) is 20.9. The van der Waals surface area contributed by atoms with Gasteiger partial charge in [-0.3, -0.25) is 4.79 Å². The Morgan fingerprint density at radius 1 is 1.37 bits per heavy atom. The van der Waals surface area contributed by atoms with Crippen molar-refractivity contribution < 1.29 is 14.0 Å². The van der Waals surface area contributed by atoms with E-state index in [0.29, 0.717) is 24.8 Å². The number of benzene rings is 1. The lowest BCUT2D eigenvalue weighted by Gasteiger charge is -2.16. The molecular formula is C23H28FNO2. The minimum absolute atomic E-state index is 0.000814. The highest BCUT2D eigenvalue weighted by atomic mass is 19.1. The highest BCUT2D eigenvalue weighted by molar-refractivity contribution is 5.78. The van der Waals surface area contributed by atoms with Crippen LogP contribution in [0, 0.1) is 11.7 Å². The second kappa shape index (κ2) is 10.0. The van der Waals surface area contributed by atoms with Crippen molar-refractivity contribution in [3.8, 4) is 0 Å². The molecule has 1 fully saturated rings. The number of nitrogens with one attached hydrogen (secondary N) is 1. The van der Waals surface area contributed by atoms with Crippen LogP contribution in [0.2, 0.25) is 0 Å². The normalized spacial score (nSPS) is 15.8. The van der Waals surface area contributed by atoms with Crippen LogP contribution in [0.4, 0.5) is 4.39 Å². The molecule has 1 N–H and O–H groups in total. The van der Waals surface area contributed by atoms with E-state index < -0.39 is 0 Å². The van der Waals surface area contributed by atoms with Gasteiger partial charge >= 0.3 is 0 Å². The van der Waals surface area contributed by atoms with E-state index in [1.54, 1.807) is 19.1 Å². The number of carbonyl (C=O) groups is 1. The predicted molar refractivity (Wildman–Crippen MR) is 107 cm³/mol. The van der Waals surface area contributed by atoms with E-state index in [9.17, 15) is 14.0 Å². The summed E-state index contributed by atoms with van der Waals surface area (Å²) in [5.41, 5.74) is 1.91. The van der Waals surface area contributed by atoms with Crippen molar-refractivity contribution in [2.45, 2.75) is 50.4 Å². The summed E-state index contributed by atoms with van der Waals surface area (Å²) in [6.45, 7) is 3.68. The molecule has 1 amide bonds. The summed E-state index contributed by atoms with van der Waals surface area (Å²) in [7, 11) is 1.63. The average molecular weight is 369 g/mol. The Labute approximate surface area is 161 Å². The second-order valence-corrected chi connectivity index (χ2v) is 7.18. The molecule has 0 saturated heterocycles. The Bertz CT molecular complexity index is 743. The number of amides is 1. The third kappa shape index (κ3) is 5.77. The lowest BCUT2D eigenvalue weighted by Crippen LogP contribution is -2.26. The zero-order valence-electron chi connectivity index (χ0n) is 16.0. The molecule has 0 heterocycles. The van der Waals surface area contributed by atoms with Crippen LogP contribution in [0.5, 0.6) is 0 Å².